The average Bonchev–Trinajstić information content (AvgIpc) is 2.71. The van der Waals surface area contributed by atoms with Crippen LogP contribution in [0.25, 0.3) is 10.9 Å². The average molecular weight is 192 g/mol. The number of fused-ring (bicyclic) bond motifs is 1. The van der Waals surface area contributed by atoms with Gasteiger partial charge >= 0.3 is 0 Å². The van der Waals surface area contributed by atoms with Crippen LogP contribution in [0.3, 0.4) is 0 Å². The van der Waals surface area contributed by atoms with E-state index >= 15 is 0 Å². The molecule has 0 aliphatic rings. The normalized spacial score (nSPS) is 8.36. The largest absolute Gasteiger partial charge is 0.278 e. The third-order valence-electron chi connectivity index (χ3n) is 1.60. The van der Waals surface area contributed by atoms with Crippen LogP contribution in [0.4, 0.5) is 0 Å². The summed E-state index contributed by atoms with van der Waals surface area (Å²) in [5.41, 5.74) is 2.37. The van der Waals surface area contributed by atoms with Gasteiger partial charge in [0.05, 0.1) is 11.7 Å². The number of H-pyrrole nitrogens is 1. The highest BCUT2D eigenvalue weighted by Crippen LogP contribution is 2.11. The monoisotopic (exact) mass is 192 g/mol. The minimum absolute atomic E-state index is 1.10. The summed E-state index contributed by atoms with van der Waals surface area (Å²) in [4.78, 5) is 0. The molecule has 1 N–H and O–H groups in total. The molecule has 2 nitrogen and oxygen atoms in total. The highest BCUT2D eigenvalue weighted by atomic mass is 15.1. The number of aryl methyl sites for hydroxylation is 1. The smallest absolute Gasteiger partial charge is 0.0650 e. The summed E-state index contributed by atoms with van der Waals surface area (Å²) in [6.07, 6.45) is 1.84. The molecule has 0 aliphatic heterocycles. The van der Waals surface area contributed by atoms with Gasteiger partial charge in [-0.05, 0) is 19.1 Å². The van der Waals surface area contributed by atoms with Crippen molar-refractivity contribution in [2.24, 2.45) is 0 Å². The van der Waals surface area contributed by atoms with Gasteiger partial charge in [0.2, 0.25) is 0 Å². The van der Waals surface area contributed by atoms with Crippen LogP contribution in [0, 0.1) is 6.92 Å². The van der Waals surface area contributed by atoms with Gasteiger partial charge in [0.25, 0.3) is 0 Å². The number of aromatic nitrogens is 2. The van der Waals surface area contributed by atoms with Crippen molar-refractivity contribution < 1.29 is 0 Å². The number of hydrogen-bond donors (Lipinski definition) is 1. The Labute approximate surface area is 86.3 Å². The highest BCUT2D eigenvalue weighted by molar-refractivity contribution is 5.78. The minimum Gasteiger partial charge on any atom is -0.278 e. The highest BCUT2D eigenvalue weighted by Gasteiger charge is 1.92. The lowest BCUT2D eigenvalue weighted by Gasteiger charge is -1.89. The van der Waals surface area contributed by atoms with Crippen LogP contribution in [0.2, 0.25) is 0 Å². The predicted molar refractivity (Wildman–Crippen MR) is 63.5 cm³/mol. The fourth-order valence-corrected chi connectivity index (χ4v) is 1.06. The van der Waals surface area contributed by atoms with Crippen molar-refractivity contribution in [3.05, 3.63) is 30.0 Å². The molecule has 14 heavy (non-hydrogen) atoms. The first kappa shape index (κ1) is 12.7. The van der Waals surface area contributed by atoms with Gasteiger partial charge < -0.3 is 0 Å². The number of nitrogens with one attached hydrogen (secondary N) is 1. The Kier molecular flexibility index (Phi) is 6.46. The van der Waals surface area contributed by atoms with Crippen LogP contribution in [0.1, 0.15) is 33.3 Å². The first-order chi connectivity index (χ1) is 6.86. The molecule has 2 rings (SSSR count). The summed E-state index contributed by atoms with van der Waals surface area (Å²) in [5.74, 6) is 0. The molecule has 78 valence electrons. The van der Waals surface area contributed by atoms with E-state index in [9.17, 15) is 0 Å². The zero-order valence-corrected chi connectivity index (χ0v) is 9.76. The molecule has 1 aromatic carbocycles. The predicted octanol–water partition coefficient (Wildman–Crippen LogP) is 3.92. The van der Waals surface area contributed by atoms with Crippen molar-refractivity contribution in [2.45, 2.75) is 34.6 Å². The molecule has 0 bridgehead atoms. The maximum Gasteiger partial charge on any atom is 0.0650 e. The lowest BCUT2D eigenvalue weighted by atomic mass is 10.2. The van der Waals surface area contributed by atoms with Crippen LogP contribution in [-0.4, -0.2) is 10.2 Å². The minimum atomic E-state index is 1.10. The van der Waals surface area contributed by atoms with Crippen LogP contribution in [0.15, 0.2) is 24.4 Å². The van der Waals surface area contributed by atoms with Crippen LogP contribution in [-0.2, 0) is 0 Å². The third kappa shape index (κ3) is 3.21. The fourth-order valence-electron chi connectivity index (χ4n) is 1.06. The van der Waals surface area contributed by atoms with E-state index in [-0.39, 0.29) is 0 Å². The van der Waals surface area contributed by atoms with Crippen molar-refractivity contribution in [2.75, 3.05) is 0 Å². The van der Waals surface area contributed by atoms with Crippen molar-refractivity contribution in [3.63, 3.8) is 0 Å². The molecule has 0 amide bonds. The lowest BCUT2D eigenvalue weighted by Crippen LogP contribution is -1.70. The van der Waals surface area contributed by atoms with E-state index in [1.54, 1.807) is 0 Å². The lowest BCUT2D eigenvalue weighted by molar-refractivity contribution is 1.12. The van der Waals surface area contributed by atoms with Gasteiger partial charge in [-0.15, -0.1) is 0 Å². The Morgan fingerprint density at radius 2 is 1.71 bits per heavy atom. The summed E-state index contributed by atoms with van der Waals surface area (Å²) >= 11 is 0. The third-order valence-corrected chi connectivity index (χ3v) is 1.60. The zero-order chi connectivity index (χ0) is 11.0. The molecule has 1 heterocycles. The maximum absolute atomic E-state index is 3.92. The van der Waals surface area contributed by atoms with E-state index in [0.29, 0.717) is 0 Å². The molecule has 2 aromatic rings. The van der Waals surface area contributed by atoms with Crippen LogP contribution in [0.5, 0.6) is 0 Å². The van der Waals surface area contributed by atoms with Gasteiger partial charge in [-0.1, -0.05) is 39.3 Å². The first-order valence-corrected chi connectivity index (χ1v) is 5.26. The fraction of sp³-hybridized carbons (Fsp3) is 0.417. The summed E-state index contributed by atoms with van der Waals surface area (Å²) in [6, 6.07) is 6.22. The molecule has 2 heteroatoms. The molecular weight excluding hydrogens is 172 g/mol. The standard InChI is InChI=1S/C8H8N2.2C2H6/c1-6-2-3-8-7(4-6)5-9-10-8;2*1-2/h2-5H,1H3,(H,9,10);2*1-2H3. The van der Waals surface area contributed by atoms with Crippen LogP contribution < -0.4 is 0 Å². The number of nitrogens with zero attached hydrogens (tertiary/aromatic N) is 1. The second-order valence-electron chi connectivity index (χ2n) is 2.46. The molecule has 0 unspecified atom stereocenters. The van der Waals surface area contributed by atoms with E-state index < -0.39 is 0 Å². The van der Waals surface area contributed by atoms with E-state index in [2.05, 4.69) is 29.3 Å². The number of hydrogen-bond acceptors (Lipinski definition) is 1. The van der Waals surface area contributed by atoms with Crippen molar-refractivity contribution in [1.82, 2.24) is 10.2 Å². The molecular formula is C12H20N2. The molecule has 0 radical (unpaired) electrons. The Hall–Kier alpha value is -1.31. The Morgan fingerprint density at radius 3 is 2.36 bits per heavy atom. The molecule has 0 saturated carbocycles. The van der Waals surface area contributed by atoms with E-state index in [1.165, 1.54) is 10.9 Å². The second kappa shape index (κ2) is 7.13. The van der Waals surface area contributed by atoms with Gasteiger partial charge in [-0.25, -0.2) is 0 Å². The Morgan fingerprint density at radius 1 is 1.07 bits per heavy atom. The summed E-state index contributed by atoms with van der Waals surface area (Å²) in [7, 11) is 0. The number of aromatic amines is 1. The molecule has 1 aromatic heterocycles. The Balaban J connectivity index is 0.000000379. The van der Waals surface area contributed by atoms with E-state index in [4.69, 9.17) is 0 Å². The first-order valence-electron chi connectivity index (χ1n) is 5.26. The van der Waals surface area contributed by atoms with Gasteiger partial charge in [-0.3, -0.25) is 5.10 Å². The van der Waals surface area contributed by atoms with Crippen molar-refractivity contribution in [1.29, 1.82) is 0 Å². The van der Waals surface area contributed by atoms with Gasteiger partial charge in [0, 0.05) is 5.39 Å². The van der Waals surface area contributed by atoms with E-state index in [1.807, 2.05) is 40.0 Å². The van der Waals surface area contributed by atoms with Gasteiger partial charge in [-0.2, -0.15) is 5.10 Å². The zero-order valence-electron chi connectivity index (χ0n) is 9.76. The summed E-state index contributed by atoms with van der Waals surface area (Å²) < 4.78 is 0. The van der Waals surface area contributed by atoms with E-state index in [0.717, 1.165) is 5.52 Å². The summed E-state index contributed by atoms with van der Waals surface area (Å²) in [6.45, 7) is 10.1. The Bertz CT molecular complexity index is 350. The molecule has 0 fully saturated rings. The van der Waals surface area contributed by atoms with Gasteiger partial charge in [0.1, 0.15) is 0 Å². The van der Waals surface area contributed by atoms with Crippen LogP contribution >= 0.6 is 0 Å². The maximum atomic E-state index is 3.92. The van der Waals surface area contributed by atoms with Crippen molar-refractivity contribution >= 4 is 10.9 Å². The number of rotatable bonds is 0. The quantitative estimate of drug-likeness (QED) is 0.673. The second-order valence-corrected chi connectivity index (χ2v) is 2.46. The SMILES string of the molecule is CC.CC.Cc1ccc2[nH]ncc2c1. The molecule has 0 saturated heterocycles. The van der Waals surface area contributed by atoms with Gasteiger partial charge in [0.15, 0.2) is 0 Å². The number of benzene rings is 1. The summed E-state index contributed by atoms with van der Waals surface area (Å²) in [5, 5.41) is 7.99. The van der Waals surface area contributed by atoms with Crippen molar-refractivity contribution in [3.8, 4) is 0 Å². The topological polar surface area (TPSA) is 28.7 Å². The molecule has 0 atom stereocenters. The molecule has 0 aliphatic carbocycles. The molecule has 0 spiro atoms.